The second-order valence-electron chi connectivity index (χ2n) is 8.64. The first kappa shape index (κ1) is 20.4. The van der Waals surface area contributed by atoms with E-state index in [0.717, 1.165) is 6.61 Å². The van der Waals surface area contributed by atoms with E-state index in [4.69, 9.17) is 4.43 Å². The third-order valence-corrected chi connectivity index (χ3v) is 27.5. The molecule has 2 aromatic carbocycles. The predicted molar refractivity (Wildman–Crippen MR) is 120 cm³/mol. The van der Waals surface area contributed by atoms with Crippen LogP contribution >= 0.6 is 0 Å². The molecule has 25 heavy (non-hydrogen) atoms. The Morgan fingerprint density at radius 2 is 1.04 bits per heavy atom. The van der Waals surface area contributed by atoms with Gasteiger partial charge in [-0.2, -0.15) is 0 Å². The van der Waals surface area contributed by atoms with Gasteiger partial charge in [0.1, 0.15) is 0 Å². The summed E-state index contributed by atoms with van der Waals surface area (Å²) in [7, 11) is -5.25. The molecule has 0 heterocycles. The van der Waals surface area contributed by atoms with Crippen molar-refractivity contribution in [3.05, 3.63) is 60.7 Å². The van der Waals surface area contributed by atoms with Crippen molar-refractivity contribution in [1.29, 1.82) is 0 Å². The van der Waals surface area contributed by atoms with Crippen molar-refractivity contribution >= 4 is 34.8 Å². The lowest BCUT2D eigenvalue weighted by Crippen LogP contribution is -2.68. The monoisotopic (exact) mass is 386 g/mol. The topological polar surface area (TPSA) is 9.23 Å². The first-order valence-corrected chi connectivity index (χ1v) is 18.5. The summed E-state index contributed by atoms with van der Waals surface area (Å²) in [5, 5.41) is 3.13. The van der Waals surface area contributed by atoms with Crippen LogP contribution in [0.4, 0.5) is 0 Å². The number of hydrogen-bond donors (Lipinski definition) is 0. The van der Waals surface area contributed by atoms with Crippen LogP contribution in [0.25, 0.3) is 0 Å². The molecule has 0 fully saturated rings. The van der Waals surface area contributed by atoms with Crippen LogP contribution in [0.15, 0.2) is 60.7 Å². The van der Waals surface area contributed by atoms with Crippen LogP contribution in [0.5, 0.6) is 0 Å². The molecule has 0 saturated heterocycles. The standard InChI is InChI=1S/C21H34OSi3/c1-8-22-25(6,7)21(23(2,3)19-15-11-9-12-16-19)24(4,5)20-17-13-10-14-18-20/h9-18,21H,8H2,1-7H3. The van der Waals surface area contributed by atoms with Crippen molar-refractivity contribution in [2.45, 2.75) is 51.0 Å². The van der Waals surface area contributed by atoms with Gasteiger partial charge in [-0.05, 0) is 24.8 Å². The van der Waals surface area contributed by atoms with Crippen molar-refractivity contribution in [1.82, 2.24) is 0 Å². The molecule has 0 saturated carbocycles. The molecule has 4 heteroatoms. The Kier molecular flexibility index (Phi) is 6.31. The van der Waals surface area contributed by atoms with E-state index in [1.54, 1.807) is 10.4 Å². The van der Waals surface area contributed by atoms with E-state index >= 15 is 0 Å². The molecule has 2 rings (SSSR count). The molecule has 2 aromatic rings. The van der Waals surface area contributed by atoms with Gasteiger partial charge in [0, 0.05) is 6.61 Å². The maximum absolute atomic E-state index is 6.52. The van der Waals surface area contributed by atoms with E-state index in [0.29, 0.717) is 4.79 Å². The van der Waals surface area contributed by atoms with E-state index in [-0.39, 0.29) is 0 Å². The molecule has 0 radical (unpaired) electrons. The zero-order chi connectivity index (χ0) is 18.7. The highest BCUT2D eigenvalue weighted by molar-refractivity contribution is 7.18. The molecule has 0 unspecified atom stereocenters. The lowest BCUT2D eigenvalue weighted by molar-refractivity contribution is 0.330. The molecule has 0 aliphatic rings. The molecule has 1 nitrogen and oxygen atoms in total. The van der Waals surface area contributed by atoms with Crippen LogP contribution in [-0.2, 0) is 4.43 Å². The van der Waals surface area contributed by atoms with Gasteiger partial charge in [-0.25, -0.2) is 0 Å². The molecule has 0 atom stereocenters. The van der Waals surface area contributed by atoms with E-state index < -0.39 is 24.5 Å². The lowest BCUT2D eigenvalue weighted by atomic mass is 10.4. The van der Waals surface area contributed by atoms with Gasteiger partial charge in [-0.1, -0.05) is 97.2 Å². The molecule has 136 valence electrons. The van der Waals surface area contributed by atoms with E-state index in [1.807, 2.05) is 0 Å². The van der Waals surface area contributed by atoms with Gasteiger partial charge < -0.3 is 4.43 Å². The summed E-state index contributed by atoms with van der Waals surface area (Å²) in [6.45, 7) is 18.2. The lowest BCUT2D eigenvalue weighted by Gasteiger charge is -2.49. The third-order valence-electron chi connectivity index (χ3n) is 5.69. The summed E-state index contributed by atoms with van der Waals surface area (Å²) in [6.07, 6.45) is 0. The summed E-state index contributed by atoms with van der Waals surface area (Å²) in [5.74, 6) is 0. The largest absolute Gasteiger partial charge is 0.418 e. The highest BCUT2D eigenvalue weighted by atomic mass is 28.5. The minimum Gasteiger partial charge on any atom is -0.418 e. The van der Waals surface area contributed by atoms with Crippen LogP contribution in [0.3, 0.4) is 0 Å². The smallest absolute Gasteiger partial charge is 0.185 e. The van der Waals surface area contributed by atoms with Crippen LogP contribution in [0, 0.1) is 0 Å². The summed E-state index contributed by atoms with van der Waals surface area (Å²) < 4.78 is 6.52. The van der Waals surface area contributed by atoms with Crippen molar-refractivity contribution in [2.24, 2.45) is 0 Å². The summed E-state index contributed by atoms with van der Waals surface area (Å²) in [5.41, 5.74) is 0. The van der Waals surface area contributed by atoms with Crippen molar-refractivity contribution in [3.8, 4) is 0 Å². The minimum absolute atomic E-state index is 0.706. The Balaban J connectivity index is 2.62. The van der Waals surface area contributed by atoms with E-state index in [1.165, 1.54) is 0 Å². The summed E-state index contributed by atoms with van der Waals surface area (Å²) in [6, 6.07) is 22.5. The van der Waals surface area contributed by atoms with Crippen molar-refractivity contribution in [2.75, 3.05) is 6.61 Å². The summed E-state index contributed by atoms with van der Waals surface area (Å²) >= 11 is 0. The SMILES string of the molecule is CCO[Si](C)(C)C([Si](C)(C)c1ccccc1)[Si](C)(C)c1ccccc1. The number of rotatable bonds is 7. The molecule has 0 bridgehead atoms. The van der Waals surface area contributed by atoms with Crippen LogP contribution in [0.1, 0.15) is 6.92 Å². The zero-order valence-corrected chi connectivity index (χ0v) is 20.0. The van der Waals surface area contributed by atoms with Gasteiger partial charge >= 0.3 is 0 Å². The normalized spacial score (nSPS) is 13.3. The van der Waals surface area contributed by atoms with E-state index in [9.17, 15) is 0 Å². The van der Waals surface area contributed by atoms with Crippen LogP contribution in [0.2, 0.25) is 44.1 Å². The second kappa shape index (κ2) is 7.74. The maximum Gasteiger partial charge on any atom is 0.185 e. The first-order chi connectivity index (χ1) is 11.6. The molecular weight excluding hydrogens is 352 g/mol. The maximum atomic E-state index is 6.52. The fraction of sp³-hybridized carbons (Fsp3) is 0.429. The molecule has 0 N–H and O–H groups in total. The second-order valence-corrected chi connectivity index (χ2v) is 23.6. The molecule has 0 amide bonds. The Hall–Kier alpha value is -0.949. The zero-order valence-electron chi connectivity index (χ0n) is 17.0. The predicted octanol–water partition coefficient (Wildman–Crippen LogP) is 4.91. The fourth-order valence-electron chi connectivity index (χ4n) is 5.16. The third kappa shape index (κ3) is 4.25. The molecule has 0 aliphatic carbocycles. The fourth-order valence-corrected chi connectivity index (χ4v) is 32.5. The van der Waals surface area contributed by atoms with Gasteiger partial charge in [0.25, 0.3) is 0 Å². The Labute approximate surface area is 157 Å². The van der Waals surface area contributed by atoms with Gasteiger partial charge in [0.2, 0.25) is 0 Å². The highest BCUT2D eigenvalue weighted by Crippen LogP contribution is 2.40. The molecular formula is C21H34OSi3. The average molecular weight is 387 g/mol. The molecule has 0 spiro atoms. The van der Waals surface area contributed by atoms with Crippen molar-refractivity contribution < 1.29 is 4.43 Å². The Morgan fingerprint density at radius 1 is 0.680 bits per heavy atom. The van der Waals surface area contributed by atoms with Gasteiger partial charge in [-0.3, -0.25) is 0 Å². The van der Waals surface area contributed by atoms with Gasteiger partial charge in [0.05, 0.1) is 16.1 Å². The number of hydrogen-bond acceptors (Lipinski definition) is 1. The van der Waals surface area contributed by atoms with Crippen molar-refractivity contribution in [3.63, 3.8) is 0 Å². The summed E-state index contributed by atoms with van der Waals surface area (Å²) in [4.78, 5) is 0.706. The first-order valence-electron chi connectivity index (χ1n) is 9.39. The molecule has 0 aliphatic heterocycles. The van der Waals surface area contributed by atoms with E-state index in [2.05, 4.69) is 107 Å². The Bertz CT molecular complexity index is 615. The Morgan fingerprint density at radius 3 is 1.36 bits per heavy atom. The van der Waals surface area contributed by atoms with Gasteiger partial charge in [-0.15, -0.1) is 0 Å². The highest BCUT2D eigenvalue weighted by Gasteiger charge is 2.54. The van der Waals surface area contributed by atoms with Crippen LogP contribution < -0.4 is 10.4 Å². The van der Waals surface area contributed by atoms with Gasteiger partial charge in [0.15, 0.2) is 8.32 Å². The number of benzene rings is 2. The average Bonchev–Trinajstić information content (AvgIpc) is 2.55. The van der Waals surface area contributed by atoms with Crippen LogP contribution in [-0.4, -0.2) is 31.1 Å². The molecule has 0 aromatic heterocycles. The quantitative estimate of drug-likeness (QED) is 0.614. The minimum atomic E-state index is -1.85.